The van der Waals surface area contributed by atoms with Gasteiger partial charge >= 0.3 is 0 Å². The molecule has 0 saturated carbocycles. The maximum Gasteiger partial charge on any atom is 0.191 e. The van der Waals surface area contributed by atoms with Crippen molar-refractivity contribution in [1.29, 1.82) is 0 Å². The van der Waals surface area contributed by atoms with Crippen molar-refractivity contribution >= 4 is 29.9 Å². The van der Waals surface area contributed by atoms with Gasteiger partial charge in [-0.15, -0.1) is 24.0 Å². The molecule has 0 saturated heterocycles. The second-order valence-corrected chi connectivity index (χ2v) is 4.92. The number of pyridine rings is 1. The number of guanidine groups is 1. The van der Waals surface area contributed by atoms with Crippen LogP contribution in [0.25, 0.3) is 0 Å². The first kappa shape index (κ1) is 20.9. The van der Waals surface area contributed by atoms with Crippen LogP contribution in [0.5, 0.6) is 5.75 Å². The lowest BCUT2D eigenvalue weighted by molar-refractivity contribution is 0.358. The highest BCUT2D eigenvalue weighted by atomic mass is 127. The minimum absolute atomic E-state index is 0. The summed E-state index contributed by atoms with van der Waals surface area (Å²) in [7, 11) is 1.66. The Morgan fingerprint density at radius 3 is 2.72 bits per heavy atom. The molecule has 134 valence electrons. The lowest BCUT2D eigenvalue weighted by atomic mass is 10.2. The molecular formula is C18H22FIN4O. The van der Waals surface area contributed by atoms with Crippen LogP contribution in [0.4, 0.5) is 4.39 Å². The summed E-state index contributed by atoms with van der Waals surface area (Å²) in [5, 5.41) is 6.21. The largest absolute Gasteiger partial charge is 0.489 e. The van der Waals surface area contributed by atoms with Gasteiger partial charge in [-0.05, 0) is 18.2 Å². The summed E-state index contributed by atoms with van der Waals surface area (Å²) in [6, 6.07) is 10.7. The minimum atomic E-state index is -0.344. The van der Waals surface area contributed by atoms with Crippen molar-refractivity contribution in [1.82, 2.24) is 15.6 Å². The number of halogens is 2. The molecule has 1 aromatic heterocycles. The van der Waals surface area contributed by atoms with Gasteiger partial charge in [0.2, 0.25) is 0 Å². The zero-order chi connectivity index (χ0) is 17.2. The predicted molar refractivity (Wildman–Crippen MR) is 109 cm³/mol. The number of benzene rings is 1. The van der Waals surface area contributed by atoms with E-state index in [4.69, 9.17) is 4.74 Å². The molecule has 1 heterocycles. The van der Waals surface area contributed by atoms with Crippen LogP contribution < -0.4 is 15.4 Å². The van der Waals surface area contributed by atoms with Gasteiger partial charge in [0, 0.05) is 25.4 Å². The molecule has 2 aromatic rings. The SMILES string of the molecule is C=CCOc1ccccc1CNC(=NC)NCc1ncccc1F.I. The number of aromatic nitrogens is 1. The van der Waals surface area contributed by atoms with Crippen LogP contribution in [0.3, 0.4) is 0 Å². The molecule has 25 heavy (non-hydrogen) atoms. The number of hydrogen-bond donors (Lipinski definition) is 2. The van der Waals surface area contributed by atoms with E-state index in [1.807, 2.05) is 24.3 Å². The van der Waals surface area contributed by atoms with Gasteiger partial charge in [-0.25, -0.2) is 4.39 Å². The molecule has 7 heteroatoms. The Hall–Kier alpha value is -2.16. The quantitative estimate of drug-likeness (QED) is 0.291. The molecule has 0 bridgehead atoms. The smallest absolute Gasteiger partial charge is 0.191 e. The second-order valence-electron chi connectivity index (χ2n) is 4.92. The molecule has 0 amide bonds. The van der Waals surface area contributed by atoms with E-state index >= 15 is 0 Å². The molecule has 0 unspecified atom stereocenters. The number of nitrogens with one attached hydrogen (secondary N) is 2. The number of hydrogen-bond acceptors (Lipinski definition) is 3. The molecule has 2 N–H and O–H groups in total. The van der Waals surface area contributed by atoms with Crippen LogP contribution in [-0.4, -0.2) is 24.6 Å². The van der Waals surface area contributed by atoms with E-state index in [9.17, 15) is 4.39 Å². The maximum absolute atomic E-state index is 13.6. The molecule has 0 aliphatic heterocycles. The van der Waals surface area contributed by atoms with E-state index in [0.717, 1.165) is 11.3 Å². The summed E-state index contributed by atoms with van der Waals surface area (Å²) in [5.41, 5.74) is 1.33. The number of rotatable bonds is 7. The summed E-state index contributed by atoms with van der Waals surface area (Å²) >= 11 is 0. The molecule has 0 aliphatic rings. The third-order valence-electron chi connectivity index (χ3n) is 3.26. The fourth-order valence-electron chi connectivity index (χ4n) is 2.05. The van der Waals surface area contributed by atoms with Crippen molar-refractivity contribution < 1.29 is 9.13 Å². The maximum atomic E-state index is 13.6. The summed E-state index contributed by atoms with van der Waals surface area (Å²) in [6.45, 7) is 4.87. The highest BCUT2D eigenvalue weighted by molar-refractivity contribution is 14.0. The predicted octanol–water partition coefficient (Wildman–Crippen LogP) is 3.27. The number of aliphatic imine (C=N–C) groups is 1. The summed E-state index contributed by atoms with van der Waals surface area (Å²) in [5.74, 6) is 0.998. The van der Waals surface area contributed by atoms with Crippen molar-refractivity contribution in [2.24, 2.45) is 4.99 Å². The molecular weight excluding hydrogens is 434 g/mol. The highest BCUT2D eigenvalue weighted by Gasteiger charge is 2.06. The van der Waals surface area contributed by atoms with Crippen LogP contribution in [0.1, 0.15) is 11.3 Å². The first-order valence-electron chi connectivity index (χ1n) is 7.60. The number of para-hydroxylation sites is 1. The molecule has 0 aliphatic carbocycles. The van der Waals surface area contributed by atoms with E-state index < -0.39 is 0 Å². The Bertz CT molecular complexity index is 709. The second kappa shape index (κ2) is 11.4. The third-order valence-corrected chi connectivity index (χ3v) is 3.26. The van der Waals surface area contributed by atoms with E-state index in [1.54, 1.807) is 25.4 Å². The van der Waals surface area contributed by atoms with E-state index in [0.29, 0.717) is 24.8 Å². The van der Waals surface area contributed by atoms with Gasteiger partial charge < -0.3 is 15.4 Å². The Morgan fingerprint density at radius 2 is 2.00 bits per heavy atom. The van der Waals surface area contributed by atoms with Gasteiger partial charge in [0.1, 0.15) is 18.2 Å². The Labute approximate surface area is 164 Å². The van der Waals surface area contributed by atoms with Crippen molar-refractivity contribution in [3.05, 3.63) is 72.3 Å². The topological polar surface area (TPSA) is 58.5 Å². The van der Waals surface area contributed by atoms with Crippen LogP contribution in [0, 0.1) is 5.82 Å². The molecule has 0 spiro atoms. The van der Waals surface area contributed by atoms with Gasteiger partial charge in [0.05, 0.1) is 12.2 Å². The minimum Gasteiger partial charge on any atom is -0.489 e. The molecule has 5 nitrogen and oxygen atoms in total. The van der Waals surface area contributed by atoms with Gasteiger partial charge in [0.25, 0.3) is 0 Å². The van der Waals surface area contributed by atoms with Crippen molar-refractivity contribution in [2.75, 3.05) is 13.7 Å². The Balaban J connectivity index is 0.00000312. The van der Waals surface area contributed by atoms with Crippen molar-refractivity contribution in [3.8, 4) is 5.75 Å². The molecule has 0 radical (unpaired) electrons. The van der Waals surface area contributed by atoms with Gasteiger partial charge in [-0.2, -0.15) is 0 Å². The van der Waals surface area contributed by atoms with Gasteiger partial charge in [-0.1, -0.05) is 30.9 Å². The molecule has 2 rings (SSSR count). The summed E-state index contributed by atoms with van der Waals surface area (Å²) in [6.07, 6.45) is 3.26. The molecule has 0 fully saturated rings. The molecule has 1 aromatic carbocycles. The monoisotopic (exact) mass is 456 g/mol. The zero-order valence-corrected chi connectivity index (χ0v) is 16.4. The van der Waals surface area contributed by atoms with Crippen molar-refractivity contribution in [2.45, 2.75) is 13.1 Å². The van der Waals surface area contributed by atoms with E-state index in [-0.39, 0.29) is 36.3 Å². The van der Waals surface area contributed by atoms with E-state index in [2.05, 4.69) is 27.2 Å². The third kappa shape index (κ3) is 6.69. The lowest BCUT2D eigenvalue weighted by Gasteiger charge is -2.14. The van der Waals surface area contributed by atoms with Gasteiger partial charge in [-0.3, -0.25) is 9.98 Å². The lowest BCUT2D eigenvalue weighted by Crippen LogP contribution is -2.36. The van der Waals surface area contributed by atoms with Crippen LogP contribution in [0.15, 0.2) is 60.2 Å². The van der Waals surface area contributed by atoms with Crippen LogP contribution in [-0.2, 0) is 13.1 Å². The fourth-order valence-corrected chi connectivity index (χ4v) is 2.05. The standard InChI is InChI=1S/C18H21FN4O.HI/c1-3-11-24-17-9-5-4-7-14(17)12-22-18(20-2)23-13-16-15(19)8-6-10-21-16;/h3-10H,1,11-13H2,2H3,(H2,20,22,23);1H. The van der Waals surface area contributed by atoms with Gasteiger partial charge in [0.15, 0.2) is 5.96 Å². The Morgan fingerprint density at radius 1 is 1.24 bits per heavy atom. The molecule has 0 atom stereocenters. The zero-order valence-electron chi connectivity index (χ0n) is 14.0. The van der Waals surface area contributed by atoms with Crippen LogP contribution in [0.2, 0.25) is 0 Å². The fraction of sp³-hybridized carbons (Fsp3) is 0.222. The first-order chi connectivity index (χ1) is 11.7. The summed E-state index contributed by atoms with van der Waals surface area (Å²) in [4.78, 5) is 8.13. The van der Waals surface area contributed by atoms with Crippen molar-refractivity contribution in [3.63, 3.8) is 0 Å². The average Bonchev–Trinajstić information content (AvgIpc) is 2.62. The Kier molecular flexibility index (Phi) is 9.53. The first-order valence-corrected chi connectivity index (χ1v) is 7.60. The van der Waals surface area contributed by atoms with E-state index in [1.165, 1.54) is 6.07 Å². The highest BCUT2D eigenvalue weighted by Crippen LogP contribution is 2.17. The number of nitrogens with zero attached hydrogens (tertiary/aromatic N) is 2. The van der Waals surface area contributed by atoms with Crippen LogP contribution >= 0.6 is 24.0 Å². The average molecular weight is 456 g/mol. The number of ether oxygens (including phenoxy) is 1. The summed E-state index contributed by atoms with van der Waals surface area (Å²) < 4.78 is 19.2. The normalized spacial score (nSPS) is 10.6.